The lowest BCUT2D eigenvalue weighted by molar-refractivity contribution is -0.131. The van der Waals surface area contributed by atoms with Gasteiger partial charge >= 0.3 is 0 Å². The number of anilines is 1. The number of carbonyl (C=O) groups is 2. The van der Waals surface area contributed by atoms with Gasteiger partial charge in [0.15, 0.2) is 11.0 Å². The van der Waals surface area contributed by atoms with Crippen molar-refractivity contribution in [3.8, 4) is 11.4 Å². The maximum atomic E-state index is 12.6. The first-order valence-electron chi connectivity index (χ1n) is 10.5. The zero-order valence-electron chi connectivity index (χ0n) is 19.2. The van der Waals surface area contributed by atoms with Crippen LogP contribution in [0.25, 0.3) is 11.4 Å². The summed E-state index contributed by atoms with van der Waals surface area (Å²) in [5, 5.41) is 12.3. The number of thioether (sulfide) groups is 1. The largest absolute Gasteiger partial charge is 0.336 e. The topological polar surface area (TPSA) is 80.1 Å². The molecule has 168 valence electrons. The van der Waals surface area contributed by atoms with Crippen LogP contribution in [0.3, 0.4) is 0 Å². The van der Waals surface area contributed by atoms with Gasteiger partial charge in [-0.15, -0.1) is 10.2 Å². The molecule has 0 fully saturated rings. The quantitative estimate of drug-likeness (QED) is 0.522. The highest BCUT2D eigenvalue weighted by molar-refractivity contribution is 7.99. The number of nitrogens with one attached hydrogen (secondary N) is 1. The summed E-state index contributed by atoms with van der Waals surface area (Å²) in [7, 11) is 1.64. The molecule has 2 amide bonds. The molecule has 32 heavy (non-hydrogen) atoms. The number of hydrogen-bond donors (Lipinski definition) is 1. The number of para-hydroxylation sites is 1. The van der Waals surface area contributed by atoms with Crippen LogP contribution in [0.1, 0.15) is 23.6 Å². The predicted octanol–water partition coefficient (Wildman–Crippen LogP) is 4.08. The molecule has 0 radical (unpaired) electrons. The molecule has 0 spiro atoms. The summed E-state index contributed by atoms with van der Waals surface area (Å²) in [6.45, 7) is 8.65. The standard InChI is InChI=1S/C24H29N5O2S/c1-6-29-23(19-13-8-7-10-16(19)2)26-27-24(29)32-15-21(31)28(5)14-20(30)25-22-17(3)11-9-12-18(22)4/h7-13H,6,14-15H2,1-5H3,(H,25,30). The lowest BCUT2D eigenvalue weighted by Crippen LogP contribution is -2.36. The van der Waals surface area contributed by atoms with Crippen LogP contribution in [-0.2, 0) is 16.1 Å². The number of benzene rings is 2. The van der Waals surface area contributed by atoms with E-state index in [1.165, 1.54) is 16.7 Å². The summed E-state index contributed by atoms with van der Waals surface area (Å²) < 4.78 is 2.01. The highest BCUT2D eigenvalue weighted by Gasteiger charge is 2.18. The number of aromatic nitrogens is 3. The van der Waals surface area contributed by atoms with Gasteiger partial charge in [-0.2, -0.15) is 0 Å². The molecule has 0 bridgehead atoms. The van der Waals surface area contributed by atoms with Crippen LogP contribution in [0.15, 0.2) is 47.6 Å². The molecule has 0 atom stereocenters. The Balaban J connectivity index is 1.61. The van der Waals surface area contributed by atoms with E-state index < -0.39 is 0 Å². The van der Waals surface area contributed by atoms with E-state index in [2.05, 4.69) is 15.5 Å². The third-order valence-corrected chi connectivity index (χ3v) is 6.25. The van der Waals surface area contributed by atoms with Gasteiger partial charge in [0.2, 0.25) is 11.8 Å². The average Bonchev–Trinajstić information content (AvgIpc) is 3.17. The van der Waals surface area contributed by atoms with Crippen molar-refractivity contribution < 1.29 is 9.59 Å². The molecule has 3 rings (SSSR count). The predicted molar refractivity (Wildman–Crippen MR) is 129 cm³/mol. The van der Waals surface area contributed by atoms with Gasteiger partial charge < -0.3 is 14.8 Å². The summed E-state index contributed by atoms with van der Waals surface area (Å²) in [6, 6.07) is 13.9. The van der Waals surface area contributed by atoms with Gasteiger partial charge in [0.05, 0.1) is 12.3 Å². The minimum atomic E-state index is -0.221. The summed E-state index contributed by atoms with van der Waals surface area (Å²) >= 11 is 1.33. The van der Waals surface area contributed by atoms with Crippen LogP contribution in [-0.4, -0.2) is 50.8 Å². The van der Waals surface area contributed by atoms with E-state index in [0.29, 0.717) is 11.7 Å². The molecule has 1 N–H and O–H groups in total. The Kier molecular flexibility index (Phi) is 7.69. The first-order valence-corrected chi connectivity index (χ1v) is 11.5. The Morgan fingerprint density at radius 2 is 1.66 bits per heavy atom. The van der Waals surface area contributed by atoms with Crippen molar-refractivity contribution in [2.75, 3.05) is 24.7 Å². The second-order valence-corrected chi connectivity index (χ2v) is 8.66. The fraction of sp³-hybridized carbons (Fsp3) is 0.333. The van der Waals surface area contributed by atoms with Crippen molar-refractivity contribution in [3.05, 3.63) is 59.2 Å². The molecule has 8 heteroatoms. The van der Waals surface area contributed by atoms with E-state index in [9.17, 15) is 9.59 Å². The summed E-state index contributed by atoms with van der Waals surface area (Å²) in [6.07, 6.45) is 0. The molecule has 0 saturated heterocycles. The minimum Gasteiger partial charge on any atom is -0.336 e. The molecule has 0 aliphatic carbocycles. The smallest absolute Gasteiger partial charge is 0.243 e. The first-order chi connectivity index (χ1) is 15.3. The number of likely N-dealkylation sites (N-methyl/N-ethyl adjacent to an activating group) is 1. The maximum absolute atomic E-state index is 12.6. The summed E-state index contributed by atoms with van der Waals surface area (Å²) in [4.78, 5) is 26.5. The fourth-order valence-corrected chi connectivity index (χ4v) is 4.38. The highest BCUT2D eigenvalue weighted by atomic mass is 32.2. The van der Waals surface area contributed by atoms with Crippen LogP contribution in [0.4, 0.5) is 5.69 Å². The second-order valence-electron chi connectivity index (χ2n) is 7.72. The number of aryl methyl sites for hydroxylation is 3. The zero-order chi connectivity index (χ0) is 23.3. The number of carbonyl (C=O) groups excluding carboxylic acids is 2. The van der Waals surface area contributed by atoms with E-state index >= 15 is 0 Å². The van der Waals surface area contributed by atoms with Gasteiger partial charge in [0.1, 0.15) is 0 Å². The maximum Gasteiger partial charge on any atom is 0.243 e. The van der Waals surface area contributed by atoms with Gasteiger partial charge in [-0.05, 0) is 44.4 Å². The molecule has 2 aromatic carbocycles. The van der Waals surface area contributed by atoms with E-state index in [1.54, 1.807) is 7.05 Å². The van der Waals surface area contributed by atoms with Gasteiger partial charge in [0, 0.05) is 24.8 Å². The Morgan fingerprint density at radius 1 is 1.00 bits per heavy atom. The molecule has 1 aromatic heterocycles. The van der Waals surface area contributed by atoms with E-state index in [1.807, 2.05) is 74.7 Å². The first kappa shape index (κ1) is 23.5. The van der Waals surface area contributed by atoms with Crippen molar-refractivity contribution in [1.82, 2.24) is 19.7 Å². The van der Waals surface area contributed by atoms with Crippen LogP contribution in [0.5, 0.6) is 0 Å². The normalized spacial score (nSPS) is 10.8. The number of rotatable bonds is 8. The molecule has 0 unspecified atom stereocenters. The summed E-state index contributed by atoms with van der Waals surface area (Å²) in [5.74, 6) is 0.609. The van der Waals surface area contributed by atoms with Crippen LogP contribution < -0.4 is 5.32 Å². The number of amides is 2. The molecule has 7 nitrogen and oxygen atoms in total. The average molecular weight is 452 g/mol. The van der Waals surface area contributed by atoms with Crippen molar-refractivity contribution >= 4 is 29.3 Å². The lowest BCUT2D eigenvalue weighted by atomic mass is 10.1. The molecular formula is C24H29N5O2S. The third kappa shape index (κ3) is 5.37. The third-order valence-electron chi connectivity index (χ3n) is 5.30. The Hall–Kier alpha value is -3.13. The van der Waals surface area contributed by atoms with Crippen LogP contribution >= 0.6 is 11.8 Å². The van der Waals surface area contributed by atoms with Crippen molar-refractivity contribution in [2.24, 2.45) is 0 Å². The molecule has 0 aliphatic heterocycles. The summed E-state index contributed by atoms with van der Waals surface area (Å²) in [5.41, 5.74) is 4.93. The molecule has 1 heterocycles. The lowest BCUT2D eigenvalue weighted by Gasteiger charge is -2.18. The minimum absolute atomic E-state index is 0.0118. The van der Waals surface area contributed by atoms with Gasteiger partial charge in [-0.25, -0.2) is 0 Å². The molecule has 0 saturated carbocycles. The van der Waals surface area contributed by atoms with Crippen LogP contribution in [0, 0.1) is 20.8 Å². The number of nitrogens with zero attached hydrogens (tertiary/aromatic N) is 4. The van der Waals surface area contributed by atoms with Gasteiger partial charge in [-0.3, -0.25) is 9.59 Å². The second kappa shape index (κ2) is 10.5. The highest BCUT2D eigenvalue weighted by Crippen LogP contribution is 2.26. The van der Waals surface area contributed by atoms with Gasteiger partial charge in [0.25, 0.3) is 0 Å². The SMILES string of the molecule is CCn1c(SCC(=O)N(C)CC(=O)Nc2c(C)cccc2C)nnc1-c1ccccc1C. The Morgan fingerprint density at radius 3 is 2.31 bits per heavy atom. The Bertz CT molecular complexity index is 1110. The van der Waals surface area contributed by atoms with E-state index in [0.717, 1.165) is 33.8 Å². The van der Waals surface area contributed by atoms with Crippen LogP contribution in [0.2, 0.25) is 0 Å². The van der Waals surface area contributed by atoms with Crippen molar-refractivity contribution in [1.29, 1.82) is 0 Å². The fourth-order valence-electron chi connectivity index (χ4n) is 3.43. The molecular weight excluding hydrogens is 422 g/mol. The van der Waals surface area contributed by atoms with E-state index in [-0.39, 0.29) is 24.1 Å². The van der Waals surface area contributed by atoms with E-state index in [4.69, 9.17) is 0 Å². The van der Waals surface area contributed by atoms with Crippen molar-refractivity contribution in [3.63, 3.8) is 0 Å². The molecule has 0 aliphatic rings. The zero-order valence-corrected chi connectivity index (χ0v) is 20.0. The van der Waals surface area contributed by atoms with Crippen molar-refractivity contribution in [2.45, 2.75) is 39.4 Å². The monoisotopic (exact) mass is 451 g/mol. The molecule has 3 aromatic rings. The number of hydrogen-bond acceptors (Lipinski definition) is 5. The Labute approximate surface area is 193 Å². The van der Waals surface area contributed by atoms with Gasteiger partial charge in [-0.1, -0.05) is 54.2 Å².